The van der Waals surface area contributed by atoms with Crippen LogP contribution in [0.2, 0.25) is 5.02 Å². The van der Waals surface area contributed by atoms with E-state index in [1.807, 2.05) is 18.2 Å². The summed E-state index contributed by atoms with van der Waals surface area (Å²) in [4.78, 5) is 0. The van der Waals surface area contributed by atoms with Crippen LogP contribution in [-0.4, -0.2) is 5.38 Å². The normalized spacial score (nSPS) is 12.6. The highest BCUT2D eigenvalue weighted by atomic mass is 35.5. The highest BCUT2D eigenvalue weighted by molar-refractivity contribution is 6.31. The van der Waals surface area contributed by atoms with Crippen LogP contribution in [0.1, 0.15) is 57.4 Å². The number of halogens is 2. The second kappa shape index (κ2) is 9.69. The van der Waals surface area contributed by atoms with Crippen LogP contribution >= 0.6 is 23.2 Å². The van der Waals surface area contributed by atoms with Gasteiger partial charge in [0.05, 0.1) is 0 Å². The largest absolute Gasteiger partial charge is 0.123 e. The molecule has 0 N–H and O–H groups in total. The fourth-order valence-corrected chi connectivity index (χ4v) is 2.68. The van der Waals surface area contributed by atoms with E-state index in [4.69, 9.17) is 23.2 Å². The molecule has 0 amide bonds. The fourth-order valence-electron chi connectivity index (χ4n) is 2.15. The molecular formula is C16H24Cl2. The lowest BCUT2D eigenvalue weighted by Gasteiger charge is -2.10. The van der Waals surface area contributed by atoms with Gasteiger partial charge >= 0.3 is 0 Å². The Labute approximate surface area is 122 Å². The first kappa shape index (κ1) is 15.9. The standard InChI is InChI=1S/C16H24Cl2/c1-2-3-4-5-6-7-11-15(17)13-14-10-8-9-12-16(14)18/h8-10,12,15H,2-7,11,13H2,1H3. The molecule has 0 bridgehead atoms. The summed E-state index contributed by atoms with van der Waals surface area (Å²) in [5, 5.41) is 1.06. The number of hydrogen-bond acceptors (Lipinski definition) is 0. The van der Waals surface area contributed by atoms with Crippen LogP contribution in [0.15, 0.2) is 24.3 Å². The quantitative estimate of drug-likeness (QED) is 0.372. The van der Waals surface area contributed by atoms with Crippen LogP contribution in [0.4, 0.5) is 0 Å². The highest BCUT2D eigenvalue weighted by Crippen LogP contribution is 2.21. The molecule has 0 aromatic heterocycles. The fraction of sp³-hybridized carbons (Fsp3) is 0.625. The van der Waals surface area contributed by atoms with Gasteiger partial charge in [-0.25, -0.2) is 0 Å². The van der Waals surface area contributed by atoms with Gasteiger partial charge in [-0.15, -0.1) is 11.6 Å². The average molecular weight is 287 g/mol. The molecule has 0 aliphatic carbocycles. The predicted octanol–water partition coefficient (Wildman–Crippen LogP) is 6.24. The van der Waals surface area contributed by atoms with E-state index in [-0.39, 0.29) is 5.38 Å². The lowest BCUT2D eigenvalue weighted by atomic mass is 10.0. The second-order valence-electron chi connectivity index (χ2n) is 4.95. The lowest BCUT2D eigenvalue weighted by molar-refractivity contribution is 0.578. The second-order valence-corrected chi connectivity index (χ2v) is 5.97. The molecule has 1 atom stereocenters. The minimum absolute atomic E-state index is 0.219. The summed E-state index contributed by atoms with van der Waals surface area (Å²) >= 11 is 12.5. The summed E-state index contributed by atoms with van der Waals surface area (Å²) < 4.78 is 0. The molecule has 0 fully saturated rings. The number of rotatable bonds is 9. The van der Waals surface area contributed by atoms with Gasteiger partial charge in [0.25, 0.3) is 0 Å². The van der Waals surface area contributed by atoms with Crippen molar-refractivity contribution < 1.29 is 0 Å². The summed E-state index contributed by atoms with van der Waals surface area (Å²) in [6.45, 7) is 2.25. The maximum atomic E-state index is 6.37. The van der Waals surface area contributed by atoms with E-state index in [1.54, 1.807) is 0 Å². The van der Waals surface area contributed by atoms with Gasteiger partial charge in [-0.05, 0) is 24.5 Å². The van der Waals surface area contributed by atoms with E-state index in [1.165, 1.54) is 44.1 Å². The Morgan fingerprint density at radius 1 is 1.00 bits per heavy atom. The molecule has 0 aliphatic heterocycles. The minimum atomic E-state index is 0.219. The monoisotopic (exact) mass is 286 g/mol. The molecule has 2 heteroatoms. The Bertz CT molecular complexity index is 323. The third-order valence-corrected chi connectivity index (χ3v) is 4.01. The van der Waals surface area contributed by atoms with Gasteiger partial charge in [0.15, 0.2) is 0 Å². The smallest absolute Gasteiger partial charge is 0.0438 e. The molecule has 0 radical (unpaired) electrons. The van der Waals surface area contributed by atoms with Crippen LogP contribution in [-0.2, 0) is 6.42 Å². The van der Waals surface area contributed by atoms with E-state index in [9.17, 15) is 0 Å². The van der Waals surface area contributed by atoms with Crippen molar-refractivity contribution in [1.82, 2.24) is 0 Å². The Morgan fingerprint density at radius 3 is 2.39 bits per heavy atom. The molecule has 0 saturated heterocycles. The third kappa shape index (κ3) is 6.66. The molecule has 0 heterocycles. The summed E-state index contributed by atoms with van der Waals surface area (Å²) in [5.74, 6) is 0. The third-order valence-electron chi connectivity index (χ3n) is 3.27. The van der Waals surface area contributed by atoms with Gasteiger partial charge in [0, 0.05) is 10.4 Å². The summed E-state index contributed by atoms with van der Waals surface area (Å²) in [6, 6.07) is 7.99. The van der Waals surface area contributed by atoms with Crippen LogP contribution in [0.25, 0.3) is 0 Å². The lowest BCUT2D eigenvalue weighted by Crippen LogP contribution is -2.03. The molecule has 0 saturated carbocycles. The molecule has 1 aromatic rings. The Kier molecular flexibility index (Phi) is 8.54. The zero-order valence-electron chi connectivity index (χ0n) is 11.3. The van der Waals surface area contributed by atoms with Crippen molar-refractivity contribution in [1.29, 1.82) is 0 Å². The maximum absolute atomic E-state index is 6.37. The van der Waals surface area contributed by atoms with Crippen molar-refractivity contribution in [3.8, 4) is 0 Å². The highest BCUT2D eigenvalue weighted by Gasteiger charge is 2.08. The predicted molar refractivity (Wildman–Crippen MR) is 82.8 cm³/mol. The molecule has 18 heavy (non-hydrogen) atoms. The van der Waals surface area contributed by atoms with Gasteiger partial charge in [-0.2, -0.15) is 0 Å². The Balaban J connectivity index is 2.14. The van der Waals surface area contributed by atoms with Gasteiger partial charge in [0.2, 0.25) is 0 Å². The maximum Gasteiger partial charge on any atom is 0.0438 e. The SMILES string of the molecule is CCCCCCCCC(Cl)Cc1ccccc1Cl. The zero-order valence-corrected chi connectivity index (χ0v) is 12.8. The summed E-state index contributed by atoms with van der Waals surface area (Å²) in [5.41, 5.74) is 1.17. The molecule has 0 spiro atoms. The van der Waals surface area contributed by atoms with Gasteiger partial charge in [-0.1, -0.05) is 75.2 Å². The van der Waals surface area contributed by atoms with E-state index >= 15 is 0 Å². The first-order chi connectivity index (χ1) is 8.74. The zero-order chi connectivity index (χ0) is 13.2. The van der Waals surface area contributed by atoms with E-state index < -0.39 is 0 Å². The van der Waals surface area contributed by atoms with Crippen molar-refractivity contribution in [2.45, 2.75) is 63.7 Å². The molecular weight excluding hydrogens is 263 g/mol. The molecule has 0 nitrogen and oxygen atoms in total. The van der Waals surface area contributed by atoms with Crippen LogP contribution in [0, 0.1) is 0 Å². The number of benzene rings is 1. The Morgan fingerprint density at radius 2 is 1.67 bits per heavy atom. The Hall–Kier alpha value is -0.200. The van der Waals surface area contributed by atoms with E-state index in [2.05, 4.69) is 13.0 Å². The van der Waals surface area contributed by atoms with Crippen molar-refractivity contribution in [3.05, 3.63) is 34.9 Å². The van der Waals surface area contributed by atoms with Crippen LogP contribution in [0.3, 0.4) is 0 Å². The topological polar surface area (TPSA) is 0 Å². The summed E-state index contributed by atoms with van der Waals surface area (Å²) in [7, 11) is 0. The molecule has 1 aromatic carbocycles. The van der Waals surface area contributed by atoms with Gasteiger partial charge in [0.1, 0.15) is 0 Å². The van der Waals surface area contributed by atoms with E-state index in [0.717, 1.165) is 17.9 Å². The first-order valence-electron chi connectivity index (χ1n) is 7.11. The summed E-state index contributed by atoms with van der Waals surface area (Å²) in [6.07, 6.45) is 9.93. The van der Waals surface area contributed by atoms with Gasteiger partial charge < -0.3 is 0 Å². The molecule has 0 aliphatic rings. The first-order valence-corrected chi connectivity index (χ1v) is 7.93. The number of hydrogen-bond donors (Lipinski definition) is 0. The number of unbranched alkanes of at least 4 members (excludes halogenated alkanes) is 5. The van der Waals surface area contributed by atoms with Crippen LogP contribution in [0.5, 0.6) is 0 Å². The molecule has 1 unspecified atom stereocenters. The molecule has 102 valence electrons. The van der Waals surface area contributed by atoms with Crippen molar-refractivity contribution in [3.63, 3.8) is 0 Å². The number of alkyl halides is 1. The van der Waals surface area contributed by atoms with Crippen molar-refractivity contribution >= 4 is 23.2 Å². The average Bonchev–Trinajstić information content (AvgIpc) is 2.36. The van der Waals surface area contributed by atoms with E-state index in [0.29, 0.717) is 0 Å². The molecule has 1 rings (SSSR count). The van der Waals surface area contributed by atoms with Crippen molar-refractivity contribution in [2.24, 2.45) is 0 Å². The van der Waals surface area contributed by atoms with Gasteiger partial charge in [-0.3, -0.25) is 0 Å². The minimum Gasteiger partial charge on any atom is -0.123 e. The van der Waals surface area contributed by atoms with Crippen molar-refractivity contribution in [2.75, 3.05) is 0 Å². The van der Waals surface area contributed by atoms with Crippen LogP contribution < -0.4 is 0 Å².